The predicted octanol–water partition coefficient (Wildman–Crippen LogP) is 0.349. The van der Waals surface area contributed by atoms with E-state index in [4.69, 9.17) is 10.5 Å². The summed E-state index contributed by atoms with van der Waals surface area (Å²) < 4.78 is 5.13. The van der Waals surface area contributed by atoms with Crippen molar-refractivity contribution in [1.29, 1.82) is 0 Å². The van der Waals surface area contributed by atoms with Gasteiger partial charge in [0.15, 0.2) is 0 Å². The quantitative estimate of drug-likeness (QED) is 0.497. The molecule has 0 aromatic rings. The molecular weight excluding hydrogens is 220 g/mol. The molecule has 96 valence electrons. The summed E-state index contributed by atoms with van der Waals surface area (Å²) in [6.07, 6.45) is 4.65. The summed E-state index contributed by atoms with van der Waals surface area (Å²) in [6.45, 7) is 4.65. The van der Waals surface area contributed by atoms with Crippen LogP contribution in [0.15, 0.2) is 12.7 Å². The minimum atomic E-state index is -0.581. The smallest absolute Gasteiger partial charge is 0.239 e. The van der Waals surface area contributed by atoms with Gasteiger partial charge in [-0.1, -0.05) is 6.08 Å². The normalized spacial score (nSPS) is 20.8. The van der Waals surface area contributed by atoms with Crippen LogP contribution in [-0.2, 0) is 14.3 Å². The number of primary amides is 1. The minimum Gasteiger partial charge on any atom is -0.381 e. The van der Waals surface area contributed by atoms with Crippen molar-refractivity contribution in [3.63, 3.8) is 0 Å². The molecule has 0 saturated carbocycles. The van der Waals surface area contributed by atoms with Crippen LogP contribution in [0, 0.1) is 5.92 Å². The Labute approximate surface area is 101 Å². The van der Waals surface area contributed by atoms with Gasteiger partial charge in [-0.05, 0) is 25.7 Å². The molecule has 5 heteroatoms. The molecule has 3 N–H and O–H groups in total. The van der Waals surface area contributed by atoms with Gasteiger partial charge in [-0.2, -0.15) is 0 Å². The van der Waals surface area contributed by atoms with E-state index in [9.17, 15) is 9.59 Å². The van der Waals surface area contributed by atoms with E-state index in [1.165, 1.54) is 0 Å². The molecule has 5 nitrogen and oxygen atoms in total. The summed E-state index contributed by atoms with van der Waals surface area (Å²) in [4.78, 5) is 23.0. The van der Waals surface area contributed by atoms with E-state index >= 15 is 0 Å². The third-order valence-corrected chi connectivity index (χ3v) is 2.86. The zero-order chi connectivity index (χ0) is 12.7. The first-order chi connectivity index (χ1) is 8.15. The van der Waals surface area contributed by atoms with E-state index in [1.54, 1.807) is 6.08 Å². The van der Waals surface area contributed by atoms with Gasteiger partial charge >= 0.3 is 0 Å². The summed E-state index contributed by atoms with van der Waals surface area (Å²) in [5.41, 5.74) is 5.26. The van der Waals surface area contributed by atoms with Crippen molar-refractivity contribution < 1.29 is 14.3 Å². The van der Waals surface area contributed by atoms with E-state index in [-0.39, 0.29) is 11.8 Å². The molecule has 2 amide bonds. The zero-order valence-corrected chi connectivity index (χ0v) is 9.98. The van der Waals surface area contributed by atoms with Gasteiger partial charge in [-0.25, -0.2) is 0 Å². The lowest BCUT2D eigenvalue weighted by molar-refractivity contribution is -0.130. The molecule has 1 rings (SSSR count). The maximum absolute atomic E-state index is 11.8. The summed E-state index contributed by atoms with van der Waals surface area (Å²) in [5, 5.41) is 2.69. The molecule has 0 radical (unpaired) electrons. The Kier molecular flexibility index (Phi) is 5.69. The van der Waals surface area contributed by atoms with Crippen LogP contribution in [0.3, 0.4) is 0 Å². The fourth-order valence-corrected chi connectivity index (χ4v) is 1.78. The van der Waals surface area contributed by atoms with Crippen LogP contribution in [0.4, 0.5) is 0 Å². The lowest BCUT2D eigenvalue weighted by Crippen LogP contribution is -2.46. The van der Waals surface area contributed by atoms with Gasteiger partial charge in [-0.15, -0.1) is 6.58 Å². The van der Waals surface area contributed by atoms with Crippen LogP contribution >= 0.6 is 0 Å². The molecular formula is C12H20N2O3. The number of rotatable bonds is 7. The van der Waals surface area contributed by atoms with E-state index in [0.717, 1.165) is 12.8 Å². The van der Waals surface area contributed by atoms with Crippen molar-refractivity contribution in [3.8, 4) is 0 Å². The standard InChI is InChI=1S/C12H20N2O3/c1-2-3-4-5-10(11(13)15)14-12(16)9-6-7-17-8-9/h2,9-10H,1,3-8H2,(H2,13,15)(H,14,16)/t9-,10-/m1/s1. The number of amides is 2. The van der Waals surface area contributed by atoms with Crippen LogP contribution in [0.25, 0.3) is 0 Å². The van der Waals surface area contributed by atoms with Crippen molar-refractivity contribution in [2.75, 3.05) is 13.2 Å². The van der Waals surface area contributed by atoms with Gasteiger partial charge in [0.25, 0.3) is 0 Å². The molecule has 1 fully saturated rings. The number of nitrogens with two attached hydrogens (primary N) is 1. The molecule has 0 bridgehead atoms. The Morgan fingerprint density at radius 2 is 2.35 bits per heavy atom. The van der Waals surface area contributed by atoms with Crippen molar-refractivity contribution in [2.45, 2.75) is 31.7 Å². The first kappa shape index (κ1) is 13.7. The maximum atomic E-state index is 11.8. The van der Waals surface area contributed by atoms with E-state index in [1.807, 2.05) is 0 Å². The number of unbranched alkanes of at least 4 members (excludes halogenated alkanes) is 1. The molecule has 0 unspecified atom stereocenters. The van der Waals surface area contributed by atoms with Gasteiger partial charge in [-0.3, -0.25) is 9.59 Å². The van der Waals surface area contributed by atoms with Crippen LogP contribution in [-0.4, -0.2) is 31.1 Å². The number of ether oxygens (including phenoxy) is 1. The summed E-state index contributed by atoms with van der Waals surface area (Å²) >= 11 is 0. The van der Waals surface area contributed by atoms with Crippen LogP contribution in [0.1, 0.15) is 25.7 Å². The van der Waals surface area contributed by atoms with Crippen LogP contribution < -0.4 is 11.1 Å². The average molecular weight is 240 g/mol. The fourth-order valence-electron chi connectivity index (χ4n) is 1.78. The van der Waals surface area contributed by atoms with Gasteiger partial charge < -0.3 is 15.8 Å². The molecule has 17 heavy (non-hydrogen) atoms. The molecule has 0 aromatic carbocycles. The number of hydrogen-bond acceptors (Lipinski definition) is 3. The molecule has 0 aliphatic carbocycles. The van der Waals surface area contributed by atoms with E-state index in [0.29, 0.717) is 26.1 Å². The predicted molar refractivity (Wildman–Crippen MR) is 64.1 cm³/mol. The summed E-state index contributed by atoms with van der Waals surface area (Å²) in [7, 11) is 0. The highest BCUT2D eigenvalue weighted by Gasteiger charge is 2.26. The second kappa shape index (κ2) is 7.06. The number of carbonyl (C=O) groups is 2. The molecule has 1 saturated heterocycles. The van der Waals surface area contributed by atoms with Crippen molar-refractivity contribution in [2.24, 2.45) is 11.7 Å². The summed E-state index contributed by atoms with van der Waals surface area (Å²) in [5.74, 6) is -0.762. The average Bonchev–Trinajstić information content (AvgIpc) is 2.81. The van der Waals surface area contributed by atoms with Gasteiger partial charge in [0, 0.05) is 6.61 Å². The first-order valence-corrected chi connectivity index (χ1v) is 5.93. The molecule has 1 aliphatic heterocycles. The molecule has 2 atom stereocenters. The lowest BCUT2D eigenvalue weighted by atomic mass is 10.1. The monoisotopic (exact) mass is 240 g/mol. The van der Waals surface area contributed by atoms with Crippen LogP contribution in [0.5, 0.6) is 0 Å². The maximum Gasteiger partial charge on any atom is 0.239 e. The Morgan fingerprint density at radius 1 is 1.59 bits per heavy atom. The highest BCUT2D eigenvalue weighted by Crippen LogP contribution is 2.13. The van der Waals surface area contributed by atoms with Gasteiger partial charge in [0.2, 0.25) is 11.8 Å². The molecule has 0 spiro atoms. The Morgan fingerprint density at radius 3 is 2.88 bits per heavy atom. The van der Waals surface area contributed by atoms with Crippen molar-refractivity contribution in [3.05, 3.63) is 12.7 Å². The highest BCUT2D eigenvalue weighted by atomic mass is 16.5. The second-order valence-corrected chi connectivity index (χ2v) is 4.24. The number of carbonyl (C=O) groups excluding carboxylic acids is 2. The number of hydrogen-bond donors (Lipinski definition) is 2. The van der Waals surface area contributed by atoms with Gasteiger partial charge in [0.05, 0.1) is 12.5 Å². The molecule has 1 aliphatic rings. The highest BCUT2D eigenvalue weighted by molar-refractivity contribution is 5.87. The first-order valence-electron chi connectivity index (χ1n) is 5.93. The van der Waals surface area contributed by atoms with Crippen molar-refractivity contribution >= 4 is 11.8 Å². The topological polar surface area (TPSA) is 81.4 Å². The molecule has 0 aromatic heterocycles. The number of nitrogens with one attached hydrogen (secondary N) is 1. The Balaban J connectivity index is 2.39. The molecule has 1 heterocycles. The fraction of sp³-hybridized carbons (Fsp3) is 0.667. The SMILES string of the molecule is C=CCCC[C@@H](NC(=O)[C@@H]1CCOC1)C(N)=O. The Bertz CT molecular complexity index is 285. The lowest BCUT2D eigenvalue weighted by Gasteiger charge is -2.17. The third-order valence-electron chi connectivity index (χ3n) is 2.86. The Hall–Kier alpha value is -1.36. The van der Waals surface area contributed by atoms with Gasteiger partial charge in [0.1, 0.15) is 6.04 Å². The van der Waals surface area contributed by atoms with E-state index < -0.39 is 11.9 Å². The van der Waals surface area contributed by atoms with E-state index in [2.05, 4.69) is 11.9 Å². The van der Waals surface area contributed by atoms with Crippen molar-refractivity contribution in [1.82, 2.24) is 5.32 Å². The number of allylic oxidation sites excluding steroid dienone is 1. The minimum absolute atomic E-state index is 0.134. The largest absolute Gasteiger partial charge is 0.381 e. The second-order valence-electron chi connectivity index (χ2n) is 4.24. The van der Waals surface area contributed by atoms with Crippen LogP contribution in [0.2, 0.25) is 0 Å². The zero-order valence-electron chi connectivity index (χ0n) is 9.98. The third kappa shape index (κ3) is 4.56. The summed E-state index contributed by atoms with van der Waals surface area (Å²) in [6, 6.07) is -0.581.